The van der Waals surface area contributed by atoms with Gasteiger partial charge in [-0.05, 0) is 193 Å². The normalized spacial score (nSPS) is 14.2. The Bertz CT molecular complexity index is 5780. The molecule has 814 valence electrons. The minimum atomic E-state index is -3.91. The molecule has 36 heteroatoms. The molecule has 0 aliphatic heterocycles. The average Bonchev–Trinajstić information content (AvgIpc) is 1.58. The van der Waals surface area contributed by atoms with Crippen molar-refractivity contribution in [2.24, 2.45) is 17.2 Å². The van der Waals surface area contributed by atoms with E-state index in [9.17, 15) is 95.7 Å². The van der Waals surface area contributed by atoms with Crippen LogP contribution in [0, 0.1) is 34.9 Å². The molecule has 0 radical (unpaired) electrons. The van der Waals surface area contributed by atoms with Crippen LogP contribution in [0.3, 0.4) is 0 Å². The predicted octanol–water partition coefficient (Wildman–Crippen LogP) is 16.9. The summed E-state index contributed by atoms with van der Waals surface area (Å²) in [7, 11) is -11.7. The average molecular weight is 2130 g/mol. The van der Waals surface area contributed by atoms with Crippen molar-refractivity contribution in [2.45, 2.75) is 299 Å². The zero-order valence-corrected chi connectivity index (χ0v) is 89.1. The number of aliphatic hydroxyl groups excluding tert-OH is 3. The molecule has 0 spiro atoms. The van der Waals surface area contributed by atoms with Crippen LogP contribution in [-0.4, -0.2) is 198 Å². The summed E-state index contributed by atoms with van der Waals surface area (Å²) in [6.45, 7) is 15.9. The Balaban J connectivity index is 0.000000272. The van der Waals surface area contributed by atoms with E-state index in [0.29, 0.717) is 118 Å². The molecule has 0 bridgehead atoms. The van der Waals surface area contributed by atoms with Crippen molar-refractivity contribution in [3.05, 3.63) is 320 Å². The van der Waals surface area contributed by atoms with Crippen molar-refractivity contribution in [1.82, 2.24) is 30.7 Å². The minimum Gasteiger partial charge on any atom is -0.445 e. The van der Waals surface area contributed by atoms with Crippen LogP contribution >= 0.6 is 0 Å². The van der Waals surface area contributed by atoms with Gasteiger partial charge in [0.05, 0.1) is 56.9 Å². The third kappa shape index (κ3) is 40.2. The van der Waals surface area contributed by atoms with E-state index in [1.165, 1.54) is 14.7 Å². The van der Waals surface area contributed by atoms with Crippen LogP contribution in [0.25, 0.3) is 0 Å². The number of sulfone groups is 3. The van der Waals surface area contributed by atoms with E-state index in [1.807, 2.05) is 141 Å². The lowest BCUT2D eigenvalue weighted by Gasteiger charge is -2.38. The molecule has 9 atom stereocenters. The van der Waals surface area contributed by atoms with E-state index < -0.39 is 194 Å². The van der Waals surface area contributed by atoms with E-state index in [2.05, 4.69) is 16.0 Å². The summed E-state index contributed by atoms with van der Waals surface area (Å²) < 4.78 is 182. The summed E-state index contributed by atoms with van der Waals surface area (Å²) in [5.41, 5.74) is 26.1. The molecule has 1 aliphatic carbocycles. The molecule has 0 saturated heterocycles. The fourth-order valence-electron chi connectivity index (χ4n) is 18.1. The molecule has 6 amide bonds. The first kappa shape index (κ1) is 123. The highest BCUT2D eigenvalue weighted by Gasteiger charge is 2.54. The fraction of sp³-hybridized carbons (Fsp3) is 0.469. The quantitative estimate of drug-likeness (QED) is 0.0126. The zero-order valence-electron chi connectivity index (χ0n) is 86.7. The summed E-state index contributed by atoms with van der Waals surface area (Å²) in [4.78, 5) is 86.9. The number of nitrogens with two attached hydrogens (primary N) is 3. The van der Waals surface area contributed by atoms with Crippen molar-refractivity contribution >= 4 is 65.5 Å². The molecule has 1 unspecified atom stereocenters. The van der Waals surface area contributed by atoms with Crippen LogP contribution in [-0.2, 0) is 135 Å². The van der Waals surface area contributed by atoms with Crippen LogP contribution < -0.4 is 33.2 Å². The number of hydrogen-bond donors (Lipinski definition) is 9. The van der Waals surface area contributed by atoms with E-state index in [1.54, 1.807) is 84.9 Å². The molecule has 1 saturated carbocycles. The van der Waals surface area contributed by atoms with Crippen LogP contribution in [0.4, 0.5) is 40.7 Å². The number of carbonyl (C=O) groups is 6. The molecular formula is C113H149F6N9O18S3. The minimum absolute atomic E-state index is 0.0321. The highest BCUT2D eigenvalue weighted by Crippen LogP contribution is 2.52. The molecule has 1 fully saturated rings. The van der Waals surface area contributed by atoms with Gasteiger partial charge in [-0.1, -0.05) is 265 Å². The molecule has 27 nitrogen and oxygen atoms in total. The number of carbonyl (C=O) groups excluding carboxylic acids is 6. The number of hydrogen-bond acceptors (Lipinski definition) is 21. The summed E-state index contributed by atoms with van der Waals surface area (Å²) in [6, 6.07) is 50.6. The number of alkyl carbamates (subject to hydrolysis) is 3. The highest BCUT2D eigenvalue weighted by atomic mass is 32.2. The van der Waals surface area contributed by atoms with Crippen molar-refractivity contribution in [3.63, 3.8) is 0 Å². The van der Waals surface area contributed by atoms with Gasteiger partial charge in [0.15, 0.2) is 29.5 Å². The lowest BCUT2D eigenvalue weighted by atomic mass is 9.96. The summed E-state index contributed by atoms with van der Waals surface area (Å²) in [5, 5.41) is 39.3. The van der Waals surface area contributed by atoms with E-state index >= 15 is 0 Å². The molecule has 12 N–H and O–H groups in total. The molecule has 0 aromatic heterocycles. The maximum absolute atomic E-state index is 14.8. The fourth-order valence-corrected chi connectivity index (χ4v) is 24.5. The van der Waals surface area contributed by atoms with Gasteiger partial charge in [-0.15, -0.1) is 0 Å². The third-order valence-electron chi connectivity index (χ3n) is 26.2. The molecule has 9 aromatic carbocycles. The second-order valence-corrected chi connectivity index (χ2v) is 45.3. The first-order valence-corrected chi connectivity index (χ1v) is 56.5. The Labute approximate surface area is 874 Å². The maximum atomic E-state index is 14.8. The molecule has 9 aromatic rings. The number of benzene rings is 9. The van der Waals surface area contributed by atoms with Crippen molar-refractivity contribution < 1.29 is 110 Å². The predicted molar refractivity (Wildman–Crippen MR) is 566 cm³/mol. The SMILES string of the molecule is CCCC(CCC)S(=O)(=O)CC(NC(=O)OCc1ccccc1)C(=O)N(C[C@@H](O)[C@@H](N)Cc1cc(F)cc(F)c1)C1(c2cccc(CC)c2)CC1.CCCC(CCC)S(=O)(=O)C[C@@H](NC(=O)OCc1ccccc1)C(=O)N(Cc1cccc(CC)c1)C[C@@H](O)[C@@H](N)Cc1cc(F)cc(F)c1.CCCC(CCC)S(=O)(=O)C[C@H](NC(=O)OCc1ccccc1)C(=O)N(Cc1cccc(CC)c1)C[C@@H](O)[C@@H](N)Cc1cc(F)cc(F)c1. The number of nitrogens with one attached hydrogen (secondary N) is 3. The number of rotatable bonds is 57. The molecule has 149 heavy (non-hydrogen) atoms. The Morgan fingerprint density at radius 1 is 0.329 bits per heavy atom. The van der Waals surface area contributed by atoms with Gasteiger partial charge in [0.2, 0.25) is 17.7 Å². The van der Waals surface area contributed by atoms with Gasteiger partial charge in [-0.25, -0.2) is 66.0 Å². The molecule has 1 aliphatic rings. The Morgan fingerprint density at radius 3 is 0.859 bits per heavy atom. The first-order chi connectivity index (χ1) is 71.0. The van der Waals surface area contributed by atoms with Gasteiger partial charge in [0.1, 0.15) is 72.8 Å². The van der Waals surface area contributed by atoms with Gasteiger partial charge in [0.25, 0.3) is 0 Å². The zero-order chi connectivity index (χ0) is 109. The van der Waals surface area contributed by atoms with Crippen LogP contribution in [0.2, 0.25) is 0 Å². The maximum Gasteiger partial charge on any atom is 0.408 e. The number of amides is 6. The number of halogens is 6. The molecule has 10 rings (SSSR count). The summed E-state index contributed by atoms with van der Waals surface area (Å²) in [5.74, 6) is -8.94. The highest BCUT2D eigenvalue weighted by molar-refractivity contribution is 7.92. The van der Waals surface area contributed by atoms with Crippen LogP contribution in [0.1, 0.15) is 219 Å². The smallest absolute Gasteiger partial charge is 0.408 e. The van der Waals surface area contributed by atoms with Gasteiger partial charge in [-0.3, -0.25) is 14.4 Å². The van der Waals surface area contributed by atoms with E-state index in [-0.39, 0.29) is 88.5 Å². The number of ether oxygens (including phenoxy) is 3. The first-order valence-electron chi connectivity index (χ1n) is 51.4. The number of aryl methyl sites for hydroxylation is 3. The van der Waals surface area contributed by atoms with Crippen LogP contribution in [0.5, 0.6) is 0 Å². The summed E-state index contributed by atoms with van der Waals surface area (Å²) >= 11 is 0. The third-order valence-corrected chi connectivity index (χ3v) is 33.0. The van der Waals surface area contributed by atoms with Gasteiger partial charge in [0, 0.05) is 69.0 Å². The van der Waals surface area contributed by atoms with Crippen molar-refractivity contribution in [2.75, 3.05) is 36.9 Å². The van der Waals surface area contributed by atoms with Crippen LogP contribution in [0.15, 0.2) is 218 Å². The topological polar surface area (TPSA) is 417 Å². The van der Waals surface area contributed by atoms with E-state index in [4.69, 9.17) is 31.4 Å². The lowest BCUT2D eigenvalue weighted by molar-refractivity contribution is -0.138. The Hall–Kier alpha value is -11.6. The number of nitrogens with zero attached hydrogens (tertiary/aromatic N) is 3. The van der Waals surface area contributed by atoms with Gasteiger partial charge < -0.3 is 77.4 Å². The van der Waals surface area contributed by atoms with Crippen molar-refractivity contribution in [3.8, 4) is 0 Å². The van der Waals surface area contributed by atoms with Crippen molar-refractivity contribution in [1.29, 1.82) is 0 Å². The second kappa shape index (κ2) is 61.0. The van der Waals surface area contributed by atoms with Gasteiger partial charge >= 0.3 is 18.3 Å². The molecule has 0 heterocycles. The van der Waals surface area contributed by atoms with E-state index in [0.717, 1.165) is 96.1 Å². The number of aliphatic hydroxyl groups is 3. The standard InChI is InChI=1S/C39H51F2N3O6S.2C37H49F2N3O6S/c1-4-11-33(12-5-2)51(48,49)26-35(43-38(47)50-25-28-13-8-7-9-14-28)37(46)44(39(17-18-39)30-16-10-15-27(6-3)19-30)24-36(45)34(42)22-29-20-31(40)23-32(41)21-29;2*1-4-11-32(12-5-2)49(46,47)25-34(41-37(45)48-24-27-13-8-7-9-14-27)36(44)42(22-28-16-10-15-26(6-3)17-28)23-35(43)33(40)20-29-18-30(38)21-31(39)19-29/h7-10,13-16,19-21,23,33-36,45H,4-6,11-12,17-18,22,24-26,42H2,1-3H3,(H,43,47);2*7-10,13-19,21,32-35,43H,4-6,11-12,20,22-25,40H2,1-3H3,(H,41,45)/t34-,35?,36+;33-,34+,35+;33-,34-,35+/m000/s1. The second-order valence-electron chi connectivity index (χ2n) is 38.3. The monoisotopic (exact) mass is 2130 g/mol. The largest absolute Gasteiger partial charge is 0.445 e. The Kier molecular flexibility index (Phi) is 50.2. The van der Waals surface area contributed by atoms with Gasteiger partial charge in [-0.2, -0.15) is 0 Å². The lowest BCUT2D eigenvalue weighted by Crippen LogP contribution is -2.58. The Morgan fingerprint density at radius 2 is 0.584 bits per heavy atom. The molecular weight excluding hydrogens is 1980 g/mol. The summed E-state index contributed by atoms with van der Waals surface area (Å²) in [6.07, 6.45) is 2.06.